The van der Waals surface area contributed by atoms with Crippen LogP contribution in [0.5, 0.6) is 0 Å². The molecule has 2 N–H and O–H groups in total. The molecule has 4 nitrogen and oxygen atoms in total. The van der Waals surface area contributed by atoms with Crippen LogP contribution < -0.4 is 10.6 Å². The number of hydrogen-bond acceptors (Lipinski definition) is 3. The van der Waals surface area contributed by atoms with Crippen molar-refractivity contribution in [3.63, 3.8) is 0 Å². The third kappa shape index (κ3) is 3.50. The second kappa shape index (κ2) is 6.11. The molecule has 0 aromatic carbocycles. The second-order valence-electron chi connectivity index (χ2n) is 7.26. The Kier molecular flexibility index (Phi) is 4.38. The molecular formula is C16H26N2O2S. The van der Waals surface area contributed by atoms with Crippen molar-refractivity contribution in [1.82, 2.24) is 10.6 Å². The van der Waals surface area contributed by atoms with E-state index in [4.69, 9.17) is 12.2 Å². The Balaban J connectivity index is 1.43. The Morgan fingerprint density at radius 1 is 1.19 bits per heavy atom. The maximum atomic E-state index is 11.1. The molecule has 4 aliphatic rings. The number of carbonyl (C=O) groups is 1. The smallest absolute Gasteiger partial charge is 0.305 e. The van der Waals surface area contributed by atoms with Gasteiger partial charge in [-0.25, -0.2) is 0 Å². The van der Waals surface area contributed by atoms with E-state index in [1.807, 2.05) is 0 Å². The Bertz CT molecular complexity index is 389. The molecule has 21 heavy (non-hydrogen) atoms. The standard InChI is InChI=1S/C16H26N2O2S/c1-20-14(19)3-2-4-17-15(21)18-16-8-11-5-12(9-16)7-13(6-11)10-16/h11-13H,2-10H2,1H3,(H2,17,18,21). The molecule has 0 saturated heterocycles. The third-order valence-electron chi connectivity index (χ3n) is 5.49. The lowest BCUT2D eigenvalue weighted by molar-refractivity contribution is -0.140. The van der Waals surface area contributed by atoms with Gasteiger partial charge in [0.15, 0.2) is 5.11 Å². The van der Waals surface area contributed by atoms with Gasteiger partial charge in [-0.3, -0.25) is 4.79 Å². The van der Waals surface area contributed by atoms with Gasteiger partial charge < -0.3 is 15.4 Å². The molecule has 0 aliphatic heterocycles. The van der Waals surface area contributed by atoms with E-state index in [0.29, 0.717) is 6.42 Å². The molecule has 0 amide bonds. The fourth-order valence-electron chi connectivity index (χ4n) is 5.09. The molecule has 118 valence electrons. The molecule has 4 bridgehead atoms. The van der Waals surface area contributed by atoms with Crippen LogP contribution in [0.3, 0.4) is 0 Å². The maximum Gasteiger partial charge on any atom is 0.305 e. The molecule has 4 saturated carbocycles. The number of esters is 1. The van der Waals surface area contributed by atoms with E-state index >= 15 is 0 Å². The van der Waals surface area contributed by atoms with Crippen LogP contribution in [0.2, 0.25) is 0 Å². The molecule has 0 heterocycles. The van der Waals surface area contributed by atoms with Crippen molar-refractivity contribution in [3.8, 4) is 0 Å². The van der Waals surface area contributed by atoms with Crippen LogP contribution in [0.1, 0.15) is 51.4 Å². The molecule has 4 aliphatic carbocycles. The average molecular weight is 310 g/mol. The zero-order chi connectivity index (χ0) is 14.9. The van der Waals surface area contributed by atoms with Crippen molar-refractivity contribution in [2.45, 2.75) is 56.9 Å². The van der Waals surface area contributed by atoms with E-state index in [0.717, 1.165) is 35.8 Å². The highest BCUT2D eigenvalue weighted by atomic mass is 32.1. The Morgan fingerprint density at radius 2 is 1.76 bits per heavy atom. The largest absolute Gasteiger partial charge is 0.469 e. The number of thiocarbonyl (C=S) groups is 1. The molecule has 0 aromatic rings. The fourth-order valence-corrected chi connectivity index (χ4v) is 5.40. The van der Waals surface area contributed by atoms with Gasteiger partial charge in [0.2, 0.25) is 0 Å². The van der Waals surface area contributed by atoms with Crippen molar-refractivity contribution in [1.29, 1.82) is 0 Å². The summed E-state index contributed by atoms with van der Waals surface area (Å²) in [5.41, 5.74) is 0.265. The second-order valence-corrected chi connectivity index (χ2v) is 7.67. The monoisotopic (exact) mass is 310 g/mol. The fraction of sp³-hybridized carbons (Fsp3) is 0.875. The molecule has 4 rings (SSSR count). The molecular weight excluding hydrogens is 284 g/mol. The minimum Gasteiger partial charge on any atom is -0.469 e. The van der Waals surface area contributed by atoms with Gasteiger partial charge >= 0.3 is 5.97 Å². The van der Waals surface area contributed by atoms with E-state index in [-0.39, 0.29) is 11.5 Å². The summed E-state index contributed by atoms with van der Waals surface area (Å²) < 4.78 is 4.63. The van der Waals surface area contributed by atoms with Crippen LogP contribution in [0, 0.1) is 17.8 Å². The summed E-state index contributed by atoms with van der Waals surface area (Å²) in [5, 5.41) is 7.65. The number of rotatable bonds is 5. The van der Waals surface area contributed by atoms with Gasteiger partial charge in [0.05, 0.1) is 7.11 Å². The predicted octanol–water partition coefficient (Wildman–Crippen LogP) is 2.37. The Labute approximate surface area is 132 Å². The lowest BCUT2D eigenvalue weighted by Crippen LogP contribution is -2.61. The van der Waals surface area contributed by atoms with Crippen LogP contribution >= 0.6 is 12.2 Å². The van der Waals surface area contributed by atoms with Gasteiger partial charge in [0.25, 0.3) is 0 Å². The molecule has 0 radical (unpaired) electrons. The summed E-state index contributed by atoms with van der Waals surface area (Å²) >= 11 is 5.46. The SMILES string of the molecule is COC(=O)CCCNC(=S)NC12CC3CC(CC(C3)C1)C2. The van der Waals surface area contributed by atoms with Crippen LogP contribution in [0.15, 0.2) is 0 Å². The average Bonchev–Trinajstić information content (AvgIpc) is 2.41. The van der Waals surface area contributed by atoms with Gasteiger partial charge in [-0.1, -0.05) is 0 Å². The summed E-state index contributed by atoms with van der Waals surface area (Å²) in [6, 6.07) is 0. The lowest BCUT2D eigenvalue weighted by Gasteiger charge is -2.57. The van der Waals surface area contributed by atoms with E-state index < -0.39 is 0 Å². The number of methoxy groups -OCH3 is 1. The van der Waals surface area contributed by atoms with Crippen LogP contribution in [0.25, 0.3) is 0 Å². The van der Waals surface area contributed by atoms with Gasteiger partial charge in [-0.2, -0.15) is 0 Å². The zero-order valence-corrected chi connectivity index (χ0v) is 13.6. The van der Waals surface area contributed by atoms with Crippen molar-refractivity contribution in [2.75, 3.05) is 13.7 Å². The lowest BCUT2D eigenvalue weighted by atomic mass is 9.53. The van der Waals surface area contributed by atoms with Crippen molar-refractivity contribution >= 4 is 23.3 Å². The predicted molar refractivity (Wildman–Crippen MR) is 85.9 cm³/mol. The molecule has 0 spiro atoms. The molecule has 0 unspecified atom stereocenters. The summed E-state index contributed by atoms with van der Waals surface area (Å²) in [4.78, 5) is 11.1. The van der Waals surface area contributed by atoms with E-state index in [2.05, 4.69) is 15.4 Å². The summed E-state index contributed by atoms with van der Waals surface area (Å²) in [6.45, 7) is 0.729. The third-order valence-corrected chi connectivity index (χ3v) is 5.73. The van der Waals surface area contributed by atoms with Crippen LogP contribution in [-0.2, 0) is 9.53 Å². The first-order valence-corrected chi connectivity index (χ1v) is 8.62. The van der Waals surface area contributed by atoms with Gasteiger partial charge in [-0.05, 0) is 74.9 Å². The number of carbonyl (C=O) groups excluding carboxylic acids is 1. The maximum absolute atomic E-state index is 11.1. The minimum atomic E-state index is -0.156. The van der Waals surface area contributed by atoms with Gasteiger partial charge in [0.1, 0.15) is 0 Å². The Morgan fingerprint density at radius 3 is 2.29 bits per heavy atom. The van der Waals surface area contributed by atoms with E-state index in [9.17, 15) is 4.79 Å². The van der Waals surface area contributed by atoms with E-state index in [1.54, 1.807) is 0 Å². The van der Waals surface area contributed by atoms with Crippen molar-refractivity contribution < 1.29 is 9.53 Å². The number of ether oxygens (including phenoxy) is 1. The van der Waals surface area contributed by atoms with Crippen LogP contribution in [0.4, 0.5) is 0 Å². The van der Waals surface area contributed by atoms with Crippen LogP contribution in [-0.4, -0.2) is 30.3 Å². The molecule has 0 aromatic heterocycles. The van der Waals surface area contributed by atoms with Crippen molar-refractivity contribution in [2.24, 2.45) is 17.8 Å². The molecule has 0 atom stereocenters. The zero-order valence-electron chi connectivity index (χ0n) is 12.8. The first-order valence-electron chi connectivity index (χ1n) is 8.21. The van der Waals surface area contributed by atoms with Gasteiger partial charge in [0, 0.05) is 18.5 Å². The number of nitrogens with one attached hydrogen (secondary N) is 2. The summed E-state index contributed by atoms with van der Waals surface area (Å²) in [6.07, 6.45) is 9.43. The first-order chi connectivity index (χ1) is 10.1. The molecule has 4 fully saturated rings. The topological polar surface area (TPSA) is 50.4 Å². The first kappa shape index (κ1) is 15.1. The van der Waals surface area contributed by atoms with Crippen molar-refractivity contribution in [3.05, 3.63) is 0 Å². The Hall–Kier alpha value is -0.840. The normalized spacial score (nSPS) is 36.3. The quantitative estimate of drug-likeness (QED) is 0.464. The summed E-state index contributed by atoms with van der Waals surface area (Å²) in [7, 11) is 1.43. The highest BCUT2D eigenvalue weighted by Crippen LogP contribution is 2.55. The minimum absolute atomic E-state index is 0.156. The van der Waals surface area contributed by atoms with E-state index in [1.165, 1.54) is 45.6 Å². The van der Waals surface area contributed by atoms with Gasteiger partial charge in [-0.15, -0.1) is 0 Å². The molecule has 5 heteroatoms. The highest BCUT2D eigenvalue weighted by molar-refractivity contribution is 7.80. The summed E-state index contributed by atoms with van der Waals surface area (Å²) in [5.74, 6) is 2.61. The number of hydrogen-bond donors (Lipinski definition) is 2. The highest BCUT2D eigenvalue weighted by Gasteiger charge is 2.51.